The summed E-state index contributed by atoms with van der Waals surface area (Å²) >= 11 is 0. The Kier molecular flexibility index (Phi) is 18.9. The molecule has 3 amide bonds. The molecule has 0 radical (unpaired) electrons. The number of hydrogen-bond acceptors (Lipinski definition) is 11. The first-order chi connectivity index (χ1) is 28.8. The molecule has 2 aliphatic heterocycles. The highest BCUT2D eigenvalue weighted by atomic mass is 16.6. The van der Waals surface area contributed by atoms with Crippen LogP contribution < -0.4 is 25.4 Å². The number of hydrogen-bond donors (Lipinski definition) is 3. The van der Waals surface area contributed by atoms with E-state index in [0.29, 0.717) is 42.6 Å². The summed E-state index contributed by atoms with van der Waals surface area (Å²) in [5, 5.41) is 9.00. The first-order valence-corrected chi connectivity index (χ1v) is 20.0. The monoisotopic (exact) mass is 818 g/mol. The van der Waals surface area contributed by atoms with Gasteiger partial charge >= 0.3 is 6.09 Å². The number of piperidine rings is 2. The van der Waals surface area contributed by atoms with Crippen molar-refractivity contribution in [2.45, 2.75) is 60.0 Å². The molecule has 0 saturated carbocycles. The Morgan fingerprint density at radius 2 is 1.23 bits per heavy atom. The number of nitrogens with one attached hydrogen (secondary N) is 3. The summed E-state index contributed by atoms with van der Waals surface area (Å²) in [5.74, 6) is 1.81. The van der Waals surface area contributed by atoms with E-state index in [1.165, 1.54) is 19.1 Å². The van der Waals surface area contributed by atoms with Crippen molar-refractivity contribution in [1.29, 1.82) is 0 Å². The van der Waals surface area contributed by atoms with Gasteiger partial charge in [0.2, 0.25) is 11.8 Å². The first-order valence-electron chi connectivity index (χ1n) is 20.0. The molecule has 2 fully saturated rings. The Morgan fingerprint density at radius 1 is 0.717 bits per heavy atom. The maximum Gasteiger partial charge on any atom is 0.410 e. The first kappa shape index (κ1) is 46.3. The lowest BCUT2D eigenvalue weighted by Gasteiger charge is -2.31. The summed E-state index contributed by atoms with van der Waals surface area (Å²) in [6.07, 6.45) is 7.06. The Labute approximate surface area is 353 Å². The van der Waals surface area contributed by atoms with Gasteiger partial charge in [0.05, 0.1) is 37.4 Å². The van der Waals surface area contributed by atoms with E-state index in [1.807, 2.05) is 78.9 Å². The van der Waals surface area contributed by atoms with E-state index in [1.54, 1.807) is 31.3 Å². The molecule has 2 aromatic heterocycles. The number of carbonyl (C=O) groups excluding carboxylic acids is 3. The molecule has 2 aliphatic rings. The van der Waals surface area contributed by atoms with Gasteiger partial charge in [-0.1, -0.05) is 82.3 Å². The molecule has 3 aromatic carbocycles. The number of rotatable bonds is 10. The number of methoxy groups -OCH3 is 2. The maximum atomic E-state index is 12.9. The molecule has 2 atom stereocenters. The van der Waals surface area contributed by atoms with Crippen molar-refractivity contribution in [2.75, 3.05) is 51.0 Å². The van der Waals surface area contributed by atoms with Crippen molar-refractivity contribution in [3.63, 3.8) is 0 Å². The number of likely N-dealkylation sites (tertiary alicyclic amines) is 1. The van der Waals surface area contributed by atoms with E-state index in [9.17, 15) is 14.4 Å². The van der Waals surface area contributed by atoms with Crippen molar-refractivity contribution >= 4 is 29.5 Å². The third-order valence-corrected chi connectivity index (χ3v) is 9.53. The van der Waals surface area contributed by atoms with E-state index >= 15 is 0 Å². The molecular formula is C46H58N8O6. The third kappa shape index (κ3) is 13.6. The zero-order valence-corrected chi connectivity index (χ0v) is 34.2. The second kappa shape index (κ2) is 24.5. The number of amides is 3. The SMILES string of the molecule is C.CCC.COc1ccccc1-c1cc(NC(=O)C2CCCN(C(=O)OCc3ccccc3)C2)ncn1.COc1ccccc1-c1cc(NC(=O)C2CCCNC2)ncn1. The normalized spacial score (nSPS) is 15.6. The lowest BCUT2D eigenvalue weighted by Crippen LogP contribution is -2.44. The van der Waals surface area contributed by atoms with Crippen LogP contribution in [0.25, 0.3) is 22.5 Å². The summed E-state index contributed by atoms with van der Waals surface area (Å²) in [7, 11) is 3.22. The topological polar surface area (TPSA) is 170 Å². The number of nitrogens with zero attached hydrogens (tertiary/aromatic N) is 5. The van der Waals surface area contributed by atoms with Crippen LogP contribution >= 0.6 is 0 Å². The zero-order valence-electron chi connectivity index (χ0n) is 34.2. The van der Waals surface area contributed by atoms with Crippen LogP contribution in [0.4, 0.5) is 16.4 Å². The molecule has 0 aliphatic carbocycles. The molecule has 0 spiro atoms. The minimum absolute atomic E-state index is 0. The lowest BCUT2D eigenvalue weighted by molar-refractivity contribution is -0.121. The largest absolute Gasteiger partial charge is 0.496 e. The maximum absolute atomic E-state index is 12.9. The highest BCUT2D eigenvalue weighted by molar-refractivity contribution is 5.93. The van der Waals surface area contributed by atoms with Crippen LogP contribution in [0.3, 0.4) is 0 Å². The molecule has 318 valence electrons. The van der Waals surface area contributed by atoms with Crippen LogP contribution in [0.2, 0.25) is 0 Å². The minimum Gasteiger partial charge on any atom is -0.496 e. The molecule has 0 bridgehead atoms. The third-order valence-electron chi connectivity index (χ3n) is 9.53. The number of ether oxygens (including phenoxy) is 3. The molecular weight excluding hydrogens is 761 g/mol. The van der Waals surface area contributed by atoms with Crippen molar-refractivity contribution in [3.8, 4) is 34.0 Å². The summed E-state index contributed by atoms with van der Waals surface area (Å²) in [5.41, 5.74) is 3.96. The fraction of sp³-hybridized carbons (Fsp3) is 0.370. The van der Waals surface area contributed by atoms with Crippen molar-refractivity contribution in [3.05, 3.63) is 109 Å². The average molecular weight is 819 g/mol. The van der Waals surface area contributed by atoms with Gasteiger partial charge in [-0.2, -0.15) is 0 Å². The summed E-state index contributed by atoms with van der Waals surface area (Å²) < 4.78 is 16.2. The van der Waals surface area contributed by atoms with Crippen molar-refractivity contribution in [1.82, 2.24) is 30.2 Å². The van der Waals surface area contributed by atoms with E-state index in [-0.39, 0.29) is 37.7 Å². The van der Waals surface area contributed by atoms with Gasteiger partial charge in [-0.15, -0.1) is 0 Å². The van der Waals surface area contributed by atoms with Gasteiger partial charge in [0.15, 0.2) is 0 Å². The van der Waals surface area contributed by atoms with Gasteiger partial charge < -0.3 is 35.1 Å². The number of aromatic nitrogens is 4. The number of anilines is 2. The van der Waals surface area contributed by atoms with Gasteiger partial charge in [0, 0.05) is 42.9 Å². The average Bonchev–Trinajstić information content (AvgIpc) is 3.29. The molecule has 4 heterocycles. The predicted octanol–water partition coefficient (Wildman–Crippen LogP) is 8.28. The molecule has 2 saturated heterocycles. The summed E-state index contributed by atoms with van der Waals surface area (Å²) in [6.45, 7) is 7.04. The van der Waals surface area contributed by atoms with Gasteiger partial charge in [0.1, 0.15) is 42.4 Å². The van der Waals surface area contributed by atoms with E-state index < -0.39 is 6.09 Å². The van der Waals surface area contributed by atoms with E-state index in [4.69, 9.17) is 14.2 Å². The molecule has 7 rings (SSSR count). The summed E-state index contributed by atoms with van der Waals surface area (Å²) in [4.78, 5) is 56.2. The Hall–Kier alpha value is -6.41. The Morgan fingerprint density at radius 3 is 1.77 bits per heavy atom. The highest BCUT2D eigenvalue weighted by Gasteiger charge is 2.30. The molecule has 2 unspecified atom stereocenters. The van der Waals surface area contributed by atoms with Crippen LogP contribution in [0.1, 0.15) is 58.9 Å². The Bertz CT molecular complexity index is 2100. The fourth-order valence-electron chi connectivity index (χ4n) is 6.56. The summed E-state index contributed by atoms with van der Waals surface area (Å²) in [6, 6.07) is 28.2. The van der Waals surface area contributed by atoms with Gasteiger partial charge in [-0.25, -0.2) is 24.7 Å². The van der Waals surface area contributed by atoms with Crippen LogP contribution in [0.5, 0.6) is 11.5 Å². The number of carbonyl (C=O) groups is 3. The van der Waals surface area contributed by atoms with E-state index in [2.05, 4.69) is 49.7 Å². The van der Waals surface area contributed by atoms with Crippen molar-refractivity contribution in [2.24, 2.45) is 11.8 Å². The minimum atomic E-state index is -0.406. The van der Waals surface area contributed by atoms with Gasteiger partial charge in [-0.3, -0.25) is 9.59 Å². The highest BCUT2D eigenvalue weighted by Crippen LogP contribution is 2.30. The molecule has 60 heavy (non-hydrogen) atoms. The molecule has 3 N–H and O–H groups in total. The smallest absolute Gasteiger partial charge is 0.410 e. The second-order valence-corrected chi connectivity index (χ2v) is 14.0. The molecule has 14 nitrogen and oxygen atoms in total. The standard InChI is InChI=1S/C25H26N4O4.C17H20N4O2.C3H8.CH4/c1-32-22-12-6-5-11-20(22)21-14-23(27-17-26-21)28-24(30)19-10-7-13-29(15-19)25(31)33-16-18-8-3-2-4-9-18;1-23-15-7-3-2-6-13(15)14-9-16(20-11-19-14)21-17(22)12-5-4-8-18-10-12;1-3-2;/h2-6,8-9,11-12,14,17,19H,7,10,13,15-16H2,1H3,(H,26,27,28,30);2-3,6-7,9,11-12,18H,4-5,8,10H2,1H3,(H,19,20,21,22);3H2,1-2H3;1H4. The molecule has 14 heteroatoms. The van der Waals surface area contributed by atoms with Crippen LogP contribution in [-0.2, 0) is 20.9 Å². The quantitative estimate of drug-likeness (QED) is 0.124. The predicted molar refractivity (Wildman–Crippen MR) is 235 cm³/mol. The number of benzene rings is 3. The Balaban J connectivity index is 0.000000258. The number of para-hydroxylation sites is 2. The second-order valence-electron chi connectivity index (χ2n) is 14.0. The van der Waals surface area contributed by atoms with E-state index in [0.717, 1.165) is 60.5 Å². The van der Waals surface area contributed by atoms with Crippen molar-refractivity contribution < 1.29 is 28.6 Å². The lowest BCUT2D eigenvalue weighted by atomic mass is 9.97. The van der Waals surface area contributed by atoms with Gasteiger partial charge in [0.25, 0.3) is 0 Å². The van der Waals surface area contributed by atoms with Crippen LogP contribution in [0, 0.1) is 11.8 Å². The van der Waals surface area contributed by atoms with Gasteiger partial charge in [-0.05, 0) is 62.1 Å². The van der Waals surface area contributed by atoms with Crippen LogP contribution in [-0.4, -0.2) is 83.1 Å². The fourth-order valence-corrected chi connectivity index (χ4v) is 6.56. The zero-order chi connectivity index (χ0) is 41.8. The molecule has 5 aromatic rings. The van der Waals surface area contributed by atoms with Crippen LogP contribution in [0.15, 0.2) is 104 Å².